The summed E-state index contributed by atoms with van der Waals surface area (Å²) in [6.45, 7) is 1.81. The van der Waals surface area contributed by atoms with Gasteiger partial charge in [-0.05, 0) is 36.6 Å². The number of hydrogen-bond acceptors (Lipinski definition) is 5. The first kappa shape index (κ1) is 16.8. The highest BCUT2D eigenvalue weighted by Gasteiger charge is 2.16. The van der Waals surface area contributed by atoms with Crippen LogP contribution in [0.15, 0.2) is 52.4 Å². The largest absolute Gasteiger partial charge is 0.440 e. The van der Waals surface area contributed by atoms with E-state index in [1.54, 1.807) is 23.6 Å². The van der Waals surface area contributed by atoms with Gasteiger partial charge in [0.25, 0.3) is 0 Å². The van der Waals surface area contributed by atoms with Crippen LogP contribution in [0.3, 0.4) is 0 Å². The highest BCUT2D eigenvalue weighted by Crippen LogP contribution is 2.28. The van der Waals surface area contributed by atoms with Gasteiger partial charge in [0.15, 0.2) is 0 Å². The molecule has 0 aliphatic carbocycles. The van der Waals surface area contributed by atoms with Crippen LogP contribution >= 0.6 is 22.9 Å². The number of benzene rings is 1. The summed E-state index contributed by atoms with van der Waals surface area (Å²) < 4.78 is 5.69. The Kier molecular flexibility index (Phi) is 4.44. The van der Waals surface area contributed by atoms with E-state index < -0.39 is 0 Å². The fourth-order valence-corrected chi connectivity index (χ4v) is 3.57. The van der Waals surface area contributed by atoms with E-state index in [-0.39, 0.29) is 12.3 Å². The molecule has 0 saturated heterocycles. The van der Waals surface area contributed by atoms with Gasteiger partial charge >= 0.3 is 0 Å². The van der Waals surface area contributed by atoms with E-state index in [1.165, 1.54) is 0 Å². The Bertz CT molecular complexity index is 1090. The molecule has 1 aromatic carbocycles. The van der Waals surface area contributed by atoms with Crippen molar-refractivity contribution in [2.45, 2.75) is 13.3 Å². The van der Waals surface area contributed by atoms with Gasteiger partial charge in [0.2, 0.25) is 11.8 Å². The van der Waals surface area contributed by atoms with Gasteiger partial charge in [-0.25, -0.2) is 4.98 Å². The van der Waals surface area contributed by atoms with E-state index >= 15 is 0 Å². The third-order valence-electron chi connectivity index (χ3n) is 3.90. The van der Waals surface area contributed by atoms with Gasteiger partial charge in [-0.1, -0.05) is 23.7 Å². The summed E-state index contributed by atoms with van der Waals surface area (Å²) >= 11 is 7.69. The van der Waals surface area contributed by atoms with Gasteiger partial charge in [0.1, 0.15) is 5.76 Å². The second kappa shape index (κ2) is 6.90. The summed E-state index contributed by atoms with van der Waals surface area (Å²) in [5, 5.41) is 6.25. The topological polar surface area (TPSA) is 68.0 Å². The number of carbonyl (C=O) groups excluding carboxylic acids is 1. The maximum Gasteiger partial charge on any atom is 0.236 e. The van der Waals surface area contributed by atoms with E-state index in [9.17, 15) is 4.79 Å². The number of oxazole rings is 1. The monoisotopic (exact) mass is 383 g/mol. The summed E-state index contributed by atoms with van der Waals surface area (Å²) in [5.41, 5.74) is 1.89. The molecule has 130 valence electrons. The summed E-state index contributed by atoms with van der Waals surface area (Å²) in [6, 6.07) is 11.1. The molecular weight excluding hydrogens is 370 g/mol. The molecule has 7 heteroatoms. The average Bonchev–Trinajstić information content (AvgIpc) is 3.25. The number of pyridine rings is 1. The molecule has 0 saturated carbocycles. The molecule has 3 heterocycles. The Hall–Kier alpha value is -2.70. The molecule has 0 unspecified atom stereocenters. The highest BCUT2D eigenvalue weighted by atomic mass is 35.5. The number of rotatable bonds is 4. The molecule has 0 aliphatic heterocycles. The zero-order valence-electron chi connectivity index (χ0n) is 13.8. The predicted molar refractivity (Wildman–Crippen MR) is 104 cm³/mol. The quantitative estimate of drug-likeness (QED) is 0.532. The fourth-order valence-electron chi connectivity index (χ4n) is 2.70. The molecule has 4 rings (SSSR count). The number of nitrogens with one attached hydrogen (secondary N) is 1. The maximum absolute atomic E-state index is 12.5. The average molecular weight is 384 g/mol. The van der Waals surface area contributed by atoms with Crippen molar-refractivity contribution in [2.75, 3.05) is 5.32 Å². The van der Waals surface area contributed by atoms with Crippen molar-refractivity contribution in [3.63, 3.8) is 0 Å². The molecule has 1 N–H and O–H groups in total. The molecule has 4 aromatic rings. The highest BCUT2D eigenvalue weighted by molar-refractivity contribution is 7.13. The number of anilines is 1. The molecule has 0 radical (unpaired) electrons. The number of aryl methyl sites for hydroxylation is 1. The summed E-state index contributed by atoms with van der Waals surface area (Å²) in [4.78, 5) is 22.2. The van der Waals surface area contributed by atoms with Crippen LogP contribution in [0.5, 0.6) is 0 Å². The first-order valence-electron chi connectivity index (χ1n) is 7.94. The zero-order chi connectivity index (χ0) is 18.1. The molecule has 0 atom stereocenters. The normalized spacial score (nSPS) is 11.0. The standard InChI is InChI=1S/C19H14ClN3O2S/c1-11-14(23-19(25-11)16-5-3-7-26-16)10-17(24)22-15-9-13(20)8-12-4-2-6-21-18(12)15/h2-9H,10H2,1H3,(H,22,24). The van der Waals surface area contributed by atoms with Crippen molar-refractivity contribution in [3.05, 3.63) is 64.5 Å². The minimum Gasteiger partial charge on any atom is -0.440 e. The van der Waals surface area contributed by atoms with Crippen LogP contribution in [0, 0.1) is 6.92 Å². The van der Waals surface area contributed by atoms with Crippen LogP contribution in [0.2, 0.25) is 5.02 Å². The smallest absolute Gasteiger partial charge is 0.236 e. The molecule has 26 heavy (non-hydrogen) atoms. The number of carbonyl (C=O) groups is 1. The van der Waals surface area contributed by atoms with E-state index in [0.29, 0.717) is 33.6 Å². The first-order valence-corrected chi connectivity index (χ1v) is 9.20. The number of nitrogens with zero attached hydrogens (tertiary/aromatic N) is 2. The van der Waals surface area contributed by atoms with Gasteiger partial charge in [0.05, 0.1) is 28.2 Å². The van der Waals surface area contributed by atoms with E-state index in [4.69, 9.17) is 16.0 Å². The number of hydrogen-bond donors (Lipinski definition) is 1. The number of fused-ring (bicyclic) bond motifs is 1. The number of halogens is 1. The van der Waals surface area contributed by atoms with Crippen LogP contribution in [0.1, 0.15) is 11.5 Å². The number of thiophene rings is 1. The van der Waals surface area contributed by atoms with Crippen LogP contribution in [0.4, 0.5) is 5.69 Å². The number of aromatic nitrogens is 2. The third kappa shape index (κ3) is 3.34. The van der Waals surface area contributed by atoms with Gasteiger partial charge in [-0.15, -0.1) is 11.3 Å². The molecule has 0 spiro atoms. The lowest BCUT2D eigenvalue weighted by Gasteiger charge is -2.08. The van der Waals surface area contributed by atoms with Gasteiger partial charge in [0, 0.05) is 16.6 Å². The van der Waals surface area contributed by atoms with Crippen molar-refractivity contribution < 1.29 is 9.21 Å². The Balaban J connectivity index is 1.57. The van der Waals surface area contributed by atoms with Crippen LogP contribution in [-0.4, -0.2) is 15.9 Å². The first-order chi connectivity index (χ1) is 12.6. The van der Waals surface area contributed by atoms with Crippen molar-refractivity contribution in [1.29, 1.82) is 0 Å². The van der Waals surface area contributed by atoms with Gasteiger partial charge in [-0.2, -0.15) is 0 Å². The molecule has 5 nitrogen and oxygen atoms in total. The van der Waals surface area contributed by atoms with Crippen molar-refractivity contribution in [2.24, 2.45) is 0 Å². The Morgan fingerprint density at radius 3 is 3.00 bits per heavy atom. The van der Waals surface area contributed by atoms with Crippen LogP contribution < -0.4 is 5.32 Å². The molecule has 0 fully saturated rings. The minimum atomic E-state index is -0.201. The third-order valence-corrected chi connectivity index (χ3v) is 4.97. The zero-order valence-corrected chi connectivity index (χ0v) is 15.4. The van der Waals surface area contributed by atoms with Crippen LogP contribution in [-0.2, 0) is 11.2 Å². The van der Waals surface area contributed by atoms with E-state index in [2.05, 4.69) is 15.3 Å². The van der Waals surface area contributed by atoms with Gasteiger partial charge in [-0.3, -0.25) is 9.78 Å². The Morgan fingerprint density at radius 1 is 1.31 bits per heavy atom. The van der Waals surface area contributed by atoms with E-state index in [1.807, 2.05) is 42.6 Å². The van der Waals surface area contributed by atoms with Crippen molar-refractivity contribution >= 4 is 45.4 Å². The lowest BCUT2D eigenvalue weighted by molar-refractivity contribution is -0.115. The second-order valence-corrected chi connectivity index (χ2v) is 7.14. The summed E-state index contributed by atoms with van der Waals surface area (Å²) in [5.74, 6) is 0.973. The molecular formula is C19H14ClN3O2S. The lowest BCUT2D eigenvalue weighted by Crippen LogP contribution is -2.15. The van der Waals surface area contributed by atoms with Crippen molar-refractivity contribution in [3.8, 4) is 10.8 Å². The SMILES string of the molecule is Cc1oc(-c2cccs2)nc1CC(=O)Nc1cc(Cl)cc2cccnc12. The summed E-state index contributed by atoms with van der Waals surface area (Å²) in [7, 11) is 0. The summed E-state index contributed by atoms with van der Waals surface area (Å²) in [6.07, 6.45) is 1.79. The number of amides is 1. The molecule has 0 aliphatic rings. The molecule has 3 aromatic heterocycles. The second-order valence-electron chi connectivity index (χ2n) is 5.75. The Labute approximate surface area is 158 Å². The van der Waals surface area contributed by atoms with E-state index in [0.717, 1.165) is 10.3 Å². The Morgan fingerprint density at radius 2 is 2.19 bits per heavy atom. The van der Waals surface area contributed by atoms with Gasteiger partial charge < -0.3 is 9.73 Å². The molecule has 1 amide bonds. The maximum atomic E-state index is 12.5. The van der Waals surface area contributed by atoms with Crippen molar-refractivity contribution in [1.82, 2.24) is 9.97 Å². The van der Waals surface area contributed by atoms with Crippen LogP contribution in [0.25, 0.3) is 21.7 Å². The molecule has 0 bridgehead atoms. The predicted octanol–water partition coefficient (Wildman–Crippen LogP) is 5.09. The fraction of sp³-hybridized carbons (Fsp3) is 0.105. The lowest BCUT2D eigenvalue weighted by atomic mass is 10.2. The minimum absolute atomic E-state index is 0.113.